The molecule has 1 amide bonds. The number of piperidine rings is 1. The zero-order valence-corrected chi connectivity index (χ0v) is 16.9. The van der Waals surface area contributed by atoms with Crippen LogP contribution in [0.3, 0.4) is 0 Å². The van der Waals surface area contributed by atoms with Crippen LogP contribution < -0.4 is 5.32 Å². The van der Waals surface area contributed by atoms with Crippen LogP contribution in [0.2, 0.25) is 0 Å². The summed E-state index contributed by atoms with van der Waals surface area (Å²) in [5.74, 6) is 0.433. The van der Waals surface area contributed by atoms with E-state index >= 15 is 0 Å². The third-order valence-corrected chi connectivity index (χ3v) is 6.17. The molecular weight excluding hydrogens is 342 g/mol. The molecule has 0 atom stereocenters. The SMILES string of the molecule is Cc1nc(-c2ccccc2C(C)C)sc1C(=O)NCCN1CCCCC1. The average Bonchev–Trinajstić information content (AvgIpc) is 3.04. The zero-order valence-electron chi connectivity index (χ0n) is 16.0. The van der Waals surface area contributed by atoms with E-state index in [1.807, 2.05) is 13.0 Å². The van der Waals surface area contributed by atoms with Crippen LogP contribution in [0.25, 0.3) is 10.6 Å². The van der Waals surface area contributed by atoms with Gasteiger partial charge in [-0.25, -0.2) is 4.98 Å². The van der Waals surface area contributed by atoms with Crippen LogP contribution in [0.4, 0.5) is 0 Å². The summed E-state index contributed by atoms with van der Waals surface area (Å²) in [7, 11) is 0. The van der Waals surface area contributed by atoms with Gasteiger partial charge in [-0.3, -0.25) is 4.79 Å². The largest absolute Gasteiger partial charge is 0.350 e. The number of benzene rings is 1. The molecule has 3 rings (SSSR count). The Bertz CT molecular complexity index is 747. The van der Waals surface area contributed by atoms with Gasteiger partial charge in [0, 0.05) is 18.7 Å². The fourth-order valence-electron chi connectivity index (χ4n) is 3.51. The van der Waals surface area contributed by atoms with Crippen LogP contribution in [-0.4, -0.2) is 42.0 Å². The molecule has 0 unspecified atom stereocenters. The molecule has 1 aliphatic rings. The maximum absolute atomic E-state index is 12.6. The lowest BCUT2D eigenvalue weighted by Crippen LogP contribution is -2.37. The summed E-state index contributed by atoms with van der Waals surface area (Å²) in [5, 5.41) is 4.02. The first-order valence-corrected chi connectivity index (χ1v) is 10.4. The molecule has 140 valence electrons. The van der Waals surface area contributed by atoms with E-state index in [1.165, 1.54) is 36.2 Å². The van der Waals surface area contributed by atoms with E-state index in [0.29, 0.717) is 12.5 Å². The monoisotopic (exact) mass is 371 g/mol. The van der Waals surface area contributed by atoms with E-state index in [2.05, 4.69) is 42.3 Å². The maximum atomic E-state index is 12.6. The highest BCUT2D eigenvalue weighted by Gasteiger charge is 2.18. The Morgan fingerprint density at radius 1 is 1.23 bits per heavy atom. The minimum Gasteiger partial charge on any atom is -0.350 e. The molecule has 1 aliphatic heterocycles. The maximum Gasteiger partial charge on any atom is 0.263 e. The molecule has 0 aliphatic carbocycles. The predicted octanol–water partition coefficient (Wildman–Crippen LogP) is 4.46. The van der Waals surface area contributed by atoms with Crippen molar-refractivity contribution in [1.82, 2.24) is 15.2 Å². The number of hydrogen-bond acceptors (Lipinski definition) is 4. The van der Waals surface area contributed by atoms with E-state index in [1.54, 1.807) is 0 Å². The fourth-order valence-corrected chi connectivity index (χ4v) is 4.54. The van der Waals surface area contributed by atoms with E-state index in [4.69, 9.17) is 4.98 Å². The molecule has 2 aromatic rings. The van der Waals surface area contributed by atoms with Gasteiger partial charge >= 0.3 is 0 Å². The van der Waals surface area contributed by atoms with Gasteiger partial charge in [-0.1, -0.05) is 44.5 Å². The van der Waals surface area contributed by atoms with Crippen molar-refractivity contribution < 1.29 is 4.79 Å². The molecule has 0 saturated carbocycles. The van der Waals surface area contributed by atoms with Gasteiger partial charge in [0.25, 0.3) is 5.91 Å². The fraction of sp³-hybridized carbons (Fsp3) is 0.524. The number of likely N-dealkylation sites (tertiary alicyclic amines) is 1. The number of rotatable bonds is 6. The summed E-state index contributed by atoms with van der Waals surface area (Å²) in [4.78, 5) is 20.5. The van der Waals surface area contributed by atoms with Crippen molar-refractivity contribution in [2.45, 2.75) is 46.0 Å². The van der Waals surface area contributed by atoms with Gasteiger partial charge in [-0.2, -0.15) is 0 Å². The topological polar surface area (TPSA) is 45.2 Å². The number of thiazole rings is 1. The van der Waals surface area contributed by atoms with Crippen LogP contribution >= 0.6 is 11.3 Å². The first-order chi connectivity index (χ1) is 12.6. The number of carbonyl (C=O) groups is 1. The molecular formula is C21H29N3OS. The summed E-state index contributed by atoms with van der Waals surface area (Å²) < 4.78 is 0. The molecule has 0 bridgehead atoms. The normalized spacial score (nSPS) is 15.4. The highest BCUT2D eigenvalue weighted by atomic mass is 32.1. The molecule has 1 fully saturated rings. The minimum atomic E-state index is 0.00490. The summed E-state index contributed by atoms with van der Waals surface area (Å²) >= 11 is 1.50. The molecule has 0 spiro atoms. The molecule has 1 saturated heterocycles. The van der Waals surface area contributed by atoms with Gasteiger partial charge in [-0.05, 0) is 44.3 Å². The van der Waals surface area contributed by atoms with Crippen LogP contribution in [0.5, 0.6) is 0 Å². The second-order valence-electron chi connectivity index (χ2n) is 7.33. The molecule has 1 aromatic carbocycles. The van der Waals surface area contributed by atoms with Gasteiger partial charge in [0.1, 0.15) is 9.88 Å². The number of nitrogens with zero attached hydrogens (tertiary/aromatic N) is 2. The second kappa shape index (κ2) is 8.78. The van der Waals surface area contributed by atoms with Crippen LogP contribution in [0.1, 0.15) is 60.0 Å². The average molecular weight is 372 g/mol. The van der Waals surface area contributed by atoms with Crippen molar-refractivity contribution >= 4 is 17.2 Å². The standard InChI is InChI=1S/C21H29N3OS/c1-15(2)17-9-5-6-10-18(17)21-23-16(3)19(26-21)20(25)22-11-14-24-12-7-4-8-13-24/h5-6,9-10,15H,4,7-8,11-14H2,1-3H3,(H,22,25). The lowest BCUT2D eigenvalue weighted by atomic mass is 9.98. The number of nitrogens with one attached hydrogen (secondary N) is 1. The highest BCUT2D eigenvalue weighted by Crippen LogP contribution is 2.33. The second-order valence-corrected chi connectivity index (χ2v) is 8.33. The van der Waals surface area contributed by atoms with Crippen molar-refractivity contribution in [2.24, 2.45) is 0 Å². The van der Waals surface area contributed by atoms with Gasteiger partial charge in [0.05, 0.1) is 5.69 Å². The lowest BCUT2D eigenvalue weighted by Gasteiger charge is -2.26. The van der Waals surface area contributed by atoms with Crippen molar-refractivity contribution in [3.8, 4) is 10.6 Å². The number of hydrogen-bond donors (Lipinski definition) is 1. The number of aromatic nitrogens is 1. The first-order valence-electron chi connectivity index (χ1n) is 9.63. The Balaban J connectivity index is 1.67. The van der Waals surface area contributed by atoms with E-state index in [9.17, 15) is 4.79 Å². The summed E-state index contributed by atoms with van der Waals surface area (Å²) in [6.45, 7) is 10.3. The zero-order chi connectivity index (χ0) is 18.5. The van der Waals surface area contributed by atoms with E-state index in [0.717, 1.165) is 40.8 Å². The molecule has 1 aromatic heterocycles. The van der Waals surface area contributed by atoms with Crippen molar-refractivity contribution in [2.75, 3.05) is 26.2 Å². The van der Waals surface area contributed by atoms with Gasteiger partial charge in [0.15, 0.2) is 0 Å². The molecule has 4 nitrogen and oxygen atoms in total. The quantitative estimate of drug-likeness (QED) is 0.815. The molecule has 2 heterocycles. The number of aryl methyl sites for hydroxylation is 1. The number of amides is 1. The van der Waals surface area contributed by atoms with Gasteiger partial charge in [0.2, 0.25) is 0 Å². The molecule has 0 radical (unpaired) electrons. The first kappa shape index (κ1) is 19.1. The lowest BCUT2D eigenvalue weighted by molar-refractivity contribution is 0.0950. The van der Waals surface area contributed by atoms with Crippen molar-refractivity contribution in [3.05, 3.63) is 40.4 Å². The Morgan fingerprint density at radius 3 is 2.69 bits per heavy atom. The molecule has 26 heavy (non-hydrogen) atoms. The minimum absolute atomic E-state index is 0.00490. The highest BCUT2D eigenvalue weighted by molar-refractivity contribution is 7.17. The van der Waals surface area contributed by atoms with Gasteiger partial charge in [-0.15, -0.1) is 11.3 Å². The molecule has 1 N–H and O–H groups in total. The summed E-state index contributed by atoms with van der Waals surface area (Å²) in [6, 6.07) is 8.35. The summed E-state index contributed by atoms with van der Waals surface area (Å²) in [6.07, 6.45) is 3.89. The predicted molar refractivity (Wildman–Crippen MR) is 109 cm³/mol. The van der Waals surface area contributed by atoms with Crippen LogP contribution in [-0.2, 0) is 0 Å². The Labute approximate surface area is 160 Å². The third-order valence-electron chi connectivity index (χ3n) is 4.98. The third kappa shape index (κ3) is 4.51. The molecule has 5 heteroatoms. The van der Waals surface area contributed by atoms with Crippen LogP contribution in [0.15, 0.2) is 24.3 Å². The Kier molecular flexibility index (Phi) is 6.43. The smallest absolute Gasteiger partial charge is 0.263 e. The summed E-state index contributed by atoms with van der Waals surface area (Å²) in [5.41, 5.74) is 3.24. The Hall–Kier alpha value is -1.72. The van der Waals surface area contributed by atoms with Crippen molar-refractivity contribution in [1.29, 1.82) is 0 Å². The van der Waals surface area contributed by atoms with Crippen LogP contribution in [0, 0.1) is 6.92 Å². The van der Waals surface area contributed by atoms with Gasteiger partial charge < -0.3 is 10.2 Å². The van der Waals surface area contributed by atoms with E-state index < -0.39 is 0 Å². The van der Waals surface area contributed by atoms with Crippen molar-refractivity contribution in [3.63, 3.8) is 0 Å². The van der Waals surface area contributed by atoms with E-state index in [-0.39, 0.29) is 5.91 Å². The number of carbonyl (C=O) groups excluding carboxylic acids is 1. The Morgan fingerprint density at radius 2 is 1.96 bits per heavy atom.